The highest BCUT2D eigenvalue weighted by atomic mass is 35.7. The monoisotopic (exact) mass is 336 g/mol. The zero-order chi connectivity index (χ0) is 16.9. The Morgan fingerprint density at radius 2 is 1.43 bits per heavy atom. The molecule has 3 aromatic rings. The fourth-order valence-corrected chi connectivity index (χ4v) is 2.00. The molecule has 23 heavy (non-hydrogen) atoms. The Morgan fingerprint density at radius 3 is 2.04 bits per heavy atom. The van der Waals surface area contributed by atoms with Crippen molar-refractivity contribution in [3.63, 3.8) is 0 Å². The molecule has 6 nitrogen and oxygen atoms in total. The topological polar surface area (TPSA) is 113 Å². The molecule has 1 heterocycles. The SMILES string of the molecule is COc1cc2ccccc2[o+]c1-c1ccccc1.[O-][Cl+3]([O-])([O-])[O-]. The minimum absolute atomic E-state index is 0.750. The summed E-state index contributed by atoms with van der Waals surface area (Å²) in [6.07, 6.45) is 0. The van der Waals surface area contributed by atoms with Crippen LogP contribution in [0.5, 0.6) is 5.75 Å². The minimum atomic E-state index is -4.94. The maximum absolute atomic E-state index is 8.49. The molecule has 0 atom stereocenters. The fraction of sp³-hybridized carbons (Fsp3) is 0.0625. The maximum Gasteiger partial charge on any atom is 0.402 e. The molecule has 2 aromatic carbocycles. The third-order valence-corrected chi connectivity index (χ3v) is 2.90. The molecule has 0 aliphatic carbocycles. The largest absolute Gasteiger partial charge is 0.488 e. The first-order valence-corrected chi connectivity index (χ1v) is 7.69. The number of hydrogen-bond donors (Lipinski definition) is 0. The molecule has 0 radical (unpaired) electrons. The molecule has 0 aliphatic heterocycles. The number of halogens is 1. The first-order chi connectivity index (χ1) is 10.9. The number of para-hydroxylation sites is 1. The van der Waals surface area contributed by atoms with Crippen molar-refractivity contribution in [2.45, 2.75) is 0 Å². The van der Waals surface area contributed by atoms with E-state index in [9.17, 15) is 0 Å². The summed E-state index contributed by atoms with van der Waals surface area (Å²) in [6.45, 7) is 0. The van der Waals surface area contributed by atoms with Crippen LogP contribution in [-0.2, 0) is 0 Å². The summed E-state index contributed by atoms with van der Waals surface area (Å²) >= 11 is 0. The van der Waals surface area contributed by atoms with Crippen molar-refractivity contribution in [2.75, 3.05) is 7.11 Å². The van der Waals surface area contributed by atoms with Gasteiger partial charge in [0.1, 0.15) is 0 Å². The molecule has 120 valence electrons. The van der Waals surface area contributed by atoms with Gasteiger partial charge >= 0.3 is 11.3 Å². The lowest BCUT2D eigenvalue weighted by Crippen LogP contribution is -2.68. The van der Waals surface area contributed by atoms with Crippen LogP contribution in [0.3, 0.4) is 0 Å². The zero-order valence-corrected chi connectivity index (χ0v) is 12.9. The lowest BCUT2D eigenvalue weighted by atomic mass is 10.1. The normalized spacial score (nSPS) is 10.8. The van der Waals surface area contributed by atoms with Crippen molar-refractivity contribution in [3.8, 4) is 17.1 Å². The van der Waals surface area contributed by atoms with E-state index in [0.29, 0.717) is 0 Å². The number of fused-ring (bicyclic) bond motifs is 1. The van der Waals surface area contributed by atoms with E-state index in [1.165, 1.54) is 0 Å². The molecule has 3 rings (SSSR count). The van der Waals surface area contributed by atoms with Gasteiger partial charge < -0.3 is 4.74 Å². The standard InChI is InChI=1S/C16H13O2.ClHO4/c1-17-15-11-13-9-5-6-10-14(13)18-16(15)12-7-3-2-4-8-12;2-1(3,4)5/h2-11H,1H3;(H,2,3,4,5)/q+1;/p-1. The van der Waals surface area contributed by atoms with Gasteiger partial charge in [0, 0.05) is 12.1 Å². The van der Waals surface area contributed by atoms with Gasteiger partial charge in [-0.05, 0) is 18.2 Å². The quantitative estimate of drug-likeness (QED) is 0.590. The Morgan fingerprint density at radius 1 is 0.870 bits per heavy atom. The maximum atomic E-state index is 8.49. The van der Waals surface area contributed by atoms with Gasteiger partial charge in [0.25, 0.3) is 0 Å². The summed E-state index contributed by atoms with van der Waals surface area (Å²) in [6, 6.07) is 19.9. The average Bonchev–Trinajstić information content (AvgIpc) is 2.53. The summed E-state index contributed by atoms with van der Waals surface area (Å²) in [5, 5.41) is 1.04. The molecular weight excluding hydrogens is 324 g/mol. The Labute approximate surface area is 134 Å². The number of methoxy groups -OCH3 is 1. The average molecular weight is 337 g/mol. The predicted molar refractivity (Wildman–Crippen MR) is 72.6 cm³/mol. The van der Waals surface area contributed by atoms with Crippen molar-refractivity contribution in [1.82, 2.24) is 0 Å². The molecule has 7 heteroatoms. The molecule has 0 aliphatic rings. The van der Waals surface area contributed by atoms with Crippen molar-refractivity contribution < 1.29 is 38.0 Å². The Hall–Kier alpha value is -2.22. The molecule has 0 amide bonds. The molecule has 0 saturated heterocycles. The number of hydrogen-bond acceptors (Lipinski definition) is 5. The first kappa shape index (κ1) is 17.1. The van der Waals surface area contributed by atoms with Crippen molar-refractivity contribution in [3.05, 3.63) is 60.7 Å². The van der Waals surface area contributed by atoms with Crippen molar-refractivity contribution >= 4 is 11.0 Å². The second-order valence-electron chi connectivity index (χ2n) is 4.43. The number of ether oxygens (including phenoxy) is 1. The predicted octanol–water partition coefficient (Wildman–Crippen LogP) is -0.366. The lowest BCUT2D eigenvalue weighted by molar-refractivity contribution is -2.00. The Bertz CT molecular complexity index is 764. The fourth-order valence-electron chi connectivity index (χ4n) is 2.00. The van der Waals surface area contributed by atoms with Gasteiger partial charge in [0.05, 0.1) is 18.1 Å². The van der Waals surface area contributed by atoms with Crippen LogP contribution in [0.2, 0.25) is 0 Å². The van der Waals surface area contributed by atoms with Gasteiger partial charge in [-0.25, -0.2) is 23.1 Å². The summed E-state index contributed by atoms with van der Waals surface area (Å²) in [5.74, 6) is 1.51. The minimum Gasteiger partial charge on any atom is -0.488 e. The van der Waals surface area contributed by atoms with Gasteiger partial charge in [-0.3, -0.25) is 0 Å². The molecule has 0 saturated carbocycles. The van der Waals surface area contributed by atoms with Crippen LogP contribution in [0.1, 0.15) is 0 Å². The zero-order valence-electron chi connectivity index (χ0n) is 12.1. The van der Waals surface area contributed by atoms with E-state index in [-0.39, 0.29) is 0 Å². The third kappa shape index (κ3) is 5.17. The van der Waals surface area contributed by atoms with E-state index in [1.807, 2.05) is 60.7 Å². The van der Waals surface area contributed by atoms with Crippen molar-refractivity contribution in [2.24, 2.45) is 0 Å². The molecule has 0 unspecified atom stereocenters. The van der Waals surface area contributed by atoms with Crippen LogP contribution < -0.4 is 23.4 Å². The number of rotatable bonds is 2. The molecule has 0 spiro atoms. The van der Waals surface area contributed by atoms with E-state index in [2.05, 4.69) is 0 Å². The Kier molecular flexibility index (Phi) is 5.49. The van der Waals surface area contributed by atoms with Crippen LogP contribution in [0.4, 0.5) is 0 Å². The van der Waals surface area contributed by atoms with Crippen LogP contribution in [0.15, 0.2) is 65.1 Å². The summed E-state index contributed by atoms with van der Waals surface area (Å²) in [5.41, 5.74) is 1.87. The highest BCUT2D eigenvalue weighted by Crippen LogP contribution is 2.33. The van der Waals surface area contributed by atoms with Gasteiger partial charge in [0.2, 0.25) is 5.75 Å². The highest BCUT2D eigenvalue weighted by Gasteiger charge is 2.21. The van der Waals surface area contributed by atoms with E-state index in [0.717, 1.165) is 28.0 Å². The van der Waals surface area contributed by atoms with Crippen LogP contribution in [0.25, 0.3) is 22.3 Å². The van der Waals surface area contributed by atoms with Crippen molar-refractivity contribution in [1.29, 1.82) is 0 Å². The second kappa shape index (κ2) is 7.36. The highest BCUT2D eigenvalue weighted by molar-refractivity contribution is 5.82. The van der Waals surface area contributed by atoms with Crippen LogP contribution in [-0.4, -0.2) is 7.11 Å². The van der Waals surface area contributed by atoms with Crippen LogP contribution in [0, 0.1) is 10.2 Å². The first-order valence-electron chi connectivity index (χ1n) is 6.45. The van der Waals surface area contributed by atoms with Gasteiger partial charge in [0.15, 0.2) is 0 Å². The number of benzene rings is 2. The molecule has 0 bridgehead atoms. The summed E-state index contributed by atoms with van der Waals surface area (Å²) in [4.78, 5) is 0. The lowest BCUT2D eigenvalue weighted by Gasteiger charge is -2.17. The molecule has 1 aromatic heterocycles. The second-order valence-corrected chi connectivity index (χ2v) is 5.18. The Balaban J connectivity index is 0.000000338. The molecular formula is C16H13ClO6. The van der Waals surface area contributed by atoms with E-state index >= 15 is 0 Å². The van der Waals surface area contributed by atoms with Crippen LogP contribution >= 0.6 is 0 Å². The summed E-state index contributed by atoms with van der Waals surface area (Å²) < 4.78 is 45.3. The van der Waals surface area contributed by atoms with E-state index < -0.39 is 10.2 Å². The smallest absolute Gasteiger partial charge is 0.402 e. The van der Waals surface area contributed by atoms with Gasteiger partial charge in [-0.15, -0.1) is 10.2 Å². The van der Waals surface area contributed by atoms with Gasteiger partial charge in [-0.2, -0.15) is 0 Å². The molecule has 0 N–H and O–H groups in total. The third-order valence-electron chi connectivity index (χ3n) is 2.90. The van der Waals surface area contributed by atoms with Gasteiger partial charge in [-0.1, -0.05) is 30.3 Å². The summed E-state index contributed by atoms with van der Waals surface area (Å²) in [7, 11) is -3.29. The van der Waals surface area contributed by atoms with E-state index in [4.69, 9.17) is 27.8 Å². The molecule has 0 fully saturated rings. The van der Waals surface area contributed by atoms with E-state index in [1.54, 1.807) is 7.11 Å².